The van der Waals surface area contributed by atoms with E-state index in [1.807, 2.05) is 31.2 Å². The minimum atomic E-state index is -0.798. The van der Waals surface area contributed by atoms with Crippen molar-refractivity contribution in [3.8, 4) is 0 Å². The number of carboxylic acid groups (broad SMARTS) is 1. The molecule has 19 heavy (non-hydrogen) atoms. The van der Waals surface area contributed by atoms with E-state index in [1.54, 1.807) is 4.90 Å². The van der Waals surface area contributed by atoms with E-state index >= 15 is 0 Å². The van der Waals surface area contributed by atoms with Crippen LogP contribution in [0.3, 0.4) is 0 Å². The molecule has 1 N–H and O–H groups in total. The zero-order valence-corrected chi connectivity index (χ0v) is 11.1. The maximum atomic E-state index is 12.2. The minimum absolute atomic E-state index is 0.0246. The summed E-state index contributed by atoms with van der Waals surface area (Å²) in [6, 6.07) is 7.86. The molecule has 102 valence electrons. The second kappa shape index (κ2) is 5.87. The summed E-state index contributed by atoms with van der Waals surface area (Å²) in [5, 5.41) is 9.03. The van der Waals surface area contributed by atoms with Gasteiger partial charge >= 0.3 is 5.97 Å². The van der Waals surface area contributed by atoms with Crippen LogP contribution in [-0.2, 0) is 16.0 Å². The van der Waals surface area contributed by atoms with Crippen LogP contribution >= 0.6 is 0 Å². The molecule has 1 fully saturated rings. The van der Waals surface area contributed by atoms with Gasteiger partial charge in [-0.1, -0.05) is 29.8 Å². The Morgan fingerprint density at radius 3 is 2.89 bits per heavy atom. The van der Waals surface area contributed by atoms with Gasteiger partial charge in [0.1, 0.15) is 0 Å². The number of benzene rings is 1. The number of carboxylic acids is 1. The lowest BCUT2D eigenvalue weighted by atomic mass is 9.97. The molecule has 1 aromatic rings. The molecule has 0 aliphatic carbocycles. The third-order valence-corrected chi connectivity index (χ3v) is 3.56. The van der Waals surface area contributed by atoms with E-state index in [0.717, 1.165) is 17.5 Å². The largest absolute Gasteiger partial charge is 0.481 e. The van der Waals surface area contributed by atoms with Gasteiger partial charge in [0.2, 0.25) is 5.91 Å². The first-order chi connectivity index (χ1) is 9.06. The van der Waals surface area contributed by atoms with Crippen LogP contribution in [0.2, 0.25) is 0 Å². The van der Waals surface area contributed by atoms with Gasteiger partial charge in [-0.15, -0.1) is 0 Å². The molecule has 1 heterocycles. The molecule has 0 bridgehead atoms. The number of amides is 1. The first kappa shape index (κ1) is 13.6. The smallest absolute Gasteiger partial charge is 0.308 e. The molecular weight excluding hydrogens is 242 g/mol. The summed E-state index contributed by atoms with van der Waals surface area (Å²) in [6.45, 7) is 3.02. The van der Waals surface area contributed by atoms with E-state index in [2.05, 4.69) is 0 Å². The summed E-state index contributed by atoms with van der Waals surface area (Å²) in [5.41, 5.74) is 2.12. The first-order valence-electron chi connectivity index (χ1n) is 6.62. The molecule has 0 radical (unpaired) electrons. The van der Waals surface area contributed by atoms with Crippen molar-refractivity contribution in [3.63, 3.8) is 0 Å². The van der Waals surface area contributed by atoms with Crippen molar-refractivity contribution in [1.82, 2.24) is 4.90 Å². The number of aliphatic carboxylic acids is 1. The molecule has 0 saturated carbocycles. The molecule has 1 aliphatic rings. The molecule has 1 saturated heterocycles. The van der Waals surface area contributed by atoms with Crippen molar-refractivity contribution in [2.45, 2.75) is 26.2 Å². The van der Waals surface area contributed by atoms with Crippen LogP contribution in [0.1, 0.15) is 24.0 Å². The Hall–Kier alpha value is -1.84. The van der Waals surface area contributed by atoms with E-state index in [-0.39, 0.29) is 5.91 Å². The number of piperidine rings is 1. The fraction of sp³-hybridized carbons (Fsp3) is 0.467. The van der Waals surface area contributed by atoms with E-state index in [9.17, 15) is 9.59 Å². The zero-order chi connectivity index (χ0) is 13.8. The number of likely N-dealkylation sites (tertiary alicyclic amines) is 1. The Morgan fingerprint density at radius 2 is 2.21 bits per heavy atom. The fourth-order valence-corrected chi connectivity index (χ4v) is 2.51. The Labute approximate surface area is 113 Å². The SMILES string of the molecule is Cc1cccc(CC(=O)N2CCC[C@@H](C(=O)O)C2)c1. The van der Waals surface area contributed by atoms with Crippen molar-refractivity contribution < 1.29 is 14.7 Å². The van der Waals surface area contributed by atoms with Crippen LogP contribution in [0.5, 0.6) is 0 Å². The zero-order valence-electron chi connectivity index (χ0n) is 11.1. The highest BCUT2D eigenvalue weighted by molar-refractivity contribution is 5.80. The number of aryl methyl sites for hydroxylation is 1. The highest BCUT2D eigenvalue weighted by Crippen LogP contribution is 2.18. The number of rotatable bonds is 3. The lowest BCUT2D eigenvalue weighted by molar-refractivity contribution is -0.145. The molecule has 2 rings (SSSR count). The maximum Gasteiger partial charge on any atom is 0.308 e. The van der Waals surface area contributed by atoms with Gasteiger partial charge < -0.3 is 10.0 Å². The Bertz CT molecular complexity index is 484. The predicted molar refractivity (Wildman–Crippen MR) is 71.8 cm³/mol. The second-order valence-corrected chi connectivity index (χ2v) is 5.18. The van der Waals surface area contributed by atoms with Crippen molar-refractivity contribution >= 4 is 11.9 Å². The molecule has 0 aromatic heterocycles. The third kappa shape index (κ3) is 3.56. The molecule has 1 atom stereocenters. The number of hydrogen-bond donors (Lipinski definition) is 1. The number of nitrogens with zero attached hydrogens (tertiary/aromatic N) is 1. The highest BCUT2D eigenvalue weighted by Gasteiger charge is 2.27. The van der Waals surface area contributed by atoms with Crippen LogP contribution in [0.25, 0.3) is 0 Å². The number of carbonyl (C=O) groups is 2. The summed E-state index contributed by atoms with van der Waals surface area (Å²) in [5.74, 6) is -1.18. The van der Waals surface area contributed by atoms with Crippen molar-refractivity contribution in [3.05, 3.63) is 35.4 Å². The van der Waals surface area contributed by atoms with Crippen LogP contribution in [-0.4, -0.2) is 35.0 Å². The third-order valence-electron chi connectivity index (χ3n) is 3.56. The van der Waals surface area contributed by atoms with Gasteiger partial charge in [-0.05, 0) is 25.3 Å². The van der Waals surface area contributed by atoms with Crippen molar-refractivity contribution in [2.24, 2.45) is 5.92 Å². The average Bonchev–Trinajstić information content (AvgIpc) is 2.39. The Morgan fingerprint density at radius 1 is 1.42 bits per heavy atom. The molecular formula is C15H19NO3. The summed E-state index contributed by atoms with van der Waals surface area (Å²) in [4.78, 5) is 24.9. The Balaban J connectivity index is 1.98. The van der Waals surface area contributed by atoms with Gasteiger partial charge in [0.25, 0.3) is 0 Å². The summed E-state index contributed by atoms with van der Waals surface area (Å²) >= 11 is 0. The normalized spacial score (nSPS) is 19.2. The van der Waals surface area contributed by atoms with E-state index in [0.29, 0.717) is 25.9 Å². The monoisotopic (exact) mass is 261 g/mol. The van der Waals surface area contributed by atoms with Gasteiger partial charge in [0.05, 0.1) is 12.3 Å². The van der Waals surface area contributed by atoms with Gasteiger partial charge in [0.15, 0.2) is 0 Å². The number of carbonyl (C=O) groups excluding carboxylic acids is 1. The lowest BCUT2D eigenvalue weighted by Crippen LogP contribution is -2.42. The van der Waals surface area contributed by atoms with Gasteiger partial charge in [-0.2, -0.15) is 0 Å². The second-order valence-electron chi connectivity index (χ2n) is 5.18. The quantitative estimate of drug-likeness (QED) is 0.903. The van der Waals surface area contributed by atoms with Crippen molar-refractivity contribution in [2.75, 3.05) is 13.1 Å². The Kier molecular flexibility index (Phi) is 4.20. The minimum Gasteiger partial charge on any atom is -0.481 e. The predicted octanol–water partition coefficient (Wildman–Crippen LogP) is 1.86. The maximum absolute atomic E-state index is 12.2. The first-order valence-corrected chi connectivity index (χ1v) is 6.62. The number of hydrogen-bond acceptors (Lipinski definition) is 2. The topological polar surface area (TPSA) is 57.6 Å². The van der Waals surface area contributed by atoms with Gasteiger partial charge in [-0.3, -0.25) is 9.59 Å². The summed E-state index contributed by atoms with van der Waals surface area (Å²) < 4.78 is 0. The van der Waals surface area contributed by atoms with E-state index < -0.39 is 11.9 Å². The van der Waals surface area contributed by atoms with E-state index in [4.69, 9.17) is 5.11 Å². The molecule has 1 aliphatic heterocycles. The average molecular weight is 261 g/mol. The van der Waals surface area contributed by atoms with E-state index in [1.165, 1.54) is 0 Å². The van der Waals surface area contributed by atoms with Crippen LogP contribution < -0.4 is 0 Å². The van der Waals surface area contributed by atoms with Gasteiger partial charge in [0, 0.05) is 13.1 Å². The summed E-state index contributed by atoms with van der Waals surface area (Å²) in [6.07, 6.45) is 1.80. The van der Waals surface area contributed by atoms with Crippen molar-refractivity contribution in [1.29, 1.82) is 0 Å². The molecule has 4 heteroatoms. The molecule has 1 amide bonds. The lowest BCUT2D eigenvalue weighted by Gasteiger charge is -2.30. The standard InChI is InChI=1S/C15H19NO3/c1-11-4-2-5-12(8-11)9-14(17)16-7-3-6-13(10-16)15(18)19/h2,4-5,8,13H,3,6-7,9-10H2,1H3,(H,18,19)/t13-/m1/s1. The summed E-state index contributed by atoms with van der Waals surface area (Å²) in [7, 11) is 0. The fourth-order valence-electron chi connectivity index (χ4n) is 2.51. The van der Waals surface area contributed by atoms with Crippen LogP contribution in [0.4, 0.5) is 0 Å². The molecule has 0 spiro atoms. The molecule has 0 unspecified atom stereocenters. The van der Waals surface area contributed by atoms with Crippen LogP contribution in [0, 0.1) is 12.8 Å². The molecule has 1 aromatic carbocycles. The molecule has 4 nitrogen and oxygen atoms in total. The highest BCUT2D eigenvalue weighted by atomic mass is 16.4. The van der Waals surface area contributed by atoms with Gasteiger partial charge in [-0.25, -0.2) is 0 Å². The van der Waals surface area contributed by atoms with Crippen LogP contribution in [0.15, 0.2) is 24.3 Å².